The van der Waals surface area contributed by atoms with E-state index in [1.165, 1.54) is 23.1 Å². The Balaban J connectivity index is 1.63. The van der Waals surface area contributed by atoms with Crippen molar-refractivity contribution < 1.29 is 9.59 Å². The van der Waals surface area contributed by atoms with Crippen molar-refractivity contribution in [1.82, 2.24) is 19.7 Å². The van der Waals surface area contributed by atoms with Gasteiger partial charge in [0.1, 0.15) is 5.82 Å². The summed E-state index contributed by atoms with van der Waals surface area (Å²) >= 11 is 8.75. The van der Waals surface area contributed by atoms with Crippen LogP contribution in [0.2, 0.25) is 5.02 Å². The number of nitrogens with one attached hydrogen (secondary N) is 2. The van der Waals surface area contributed by atoms with Crippen LogP contribution in [0.25, 0.3) is 0 Å². The maximum Gasteiger partial charge on any atom is 0.239 e. The molecular formula is C19H21ClN6O2S2. The molecule has 158 valence electrons. The number of benzene rings is 1. The monoisotopic (exact) mass is 464 g/mol. The van der Waals surface area contributed by atoms with Crippen LogP contribution in [0.15, 0.2) is 34.9 Å². The van der Waals surface area contributed by atoms with E-state index in [-0.39, 0.29) is 18.2 Å². The number of hydrogen-bond donors (Lipinski definition) is 2. The minimum Gasteiger partial charge on any atom is -0.326 e. The van der Waals surface area contributed by atoms with Crippen LogP contribution in [0.3, 0.4) is 0 Å². The van der Waals surface area contributed by atoms with E-state index in [1.807, 2.05) is 24.5 Å². The Morgan fingerprint density at radius 1 is 1.30 bits per heavy atom. The summed E-state index contributed by atoms with van der Waals surface area (Å²) in [6.45, 7) is 6.20. The van der Waals surface area contributed by atoms with Crippen molar-refractivity contribution in [1.29, 1.82) is 0 Å². The summed E-state index contributed by atoms with van der Waals surface area (Å²) in [6.07, 6.45) is 1.69. The molecule has 3 rings (SSSR count). The smallest absolute Gasteiger partial charge is 0.239 e. The zero-order chi connectivity index (χ0) is 21.7. The molecule has 1 atom stereocenters. The Morgan fingerprint density at radius 3 is 2.77 bits per heavy atom. The first kappa shape index (κ1) is 22.3. The lowest BCUT2D eigenvalue weighted by Crippen LogP contribution is -2.23. The van der Waals surface area contributed by atoms with E-state index in [9.17, 15) is 9.59 Å². The van der Waals surface area contributed by atoms with Gasteiger partial charge in [0.2, 0.25) is 11.8 Å². The number of aromatic nitrogens is 4. The fourth-order valence-corrected chi connectivity index (χ4v) is 4.22. The number of thiazole rings is 1. The second-order valence-electron chi connectivity index (χ2n) is 6.42. The van der Waals surface area contributed by atoms with Gasteiger partial charge in [-0.3, -0.25) is 9.59 Å². The molecule has 30 heavy (non-hydrogen) atoms. The van der Waals surface area contributed by atoms with Crippen LogP contribution in [0.1, 0.15) is 25.2 Å². The summed E-state index contributed by atoms with van der Waals surface area (Å²) < 4.78 is 1.83. The largest absolute Gasteiger partial charge is 0.326 e. The highest BCUT2D eigenvalue weighted by Crippen LogP contribution is 2.24. The molecular weight excluding hydrogens is 444 g/mol. The molecule has 11 heteroatoms. The van der Waals surface area contributed by atoms with Crippen molar-refractivity contribution in [2.45, 2.75) is 44.1 Å². The van der Waals surface area contributed by atoms with Gasteiger partial charge in [-0.05, 0) is 38.5 Å². The molecule has 2 aromatic heterocycles. The van der Waals surface area contributed by atoms with E-state index in [0.717, 1.165) is 5.56 Å². The van der Waals surface area contributed by atoms with Gasteiger partial charge >= 0.3 is 0 Å². The minimum atomic E-state index is -0.403. The van der Waals surface area contributed by atoms with Gasteiger partial charge in [0, 0.05) is 28.8 Å². The molecule has 2 heterocycles. The van der Waals surface area contributed by atoms with E-state index in [4.69, 9.17) is 11.6 Å². The van der Waals surface area contributed by atoms with Gasteiger partial charge in [0.25, 0.3) is 0 Å². The summed E-state index contributed by atoms with van der Waals surface area (Å²) in [7, 11) is 0. The topological polar surface area (TPSA) is 102 Å². The average molecular weight is 465 g/mol. The highest BCUT2D eigenvalue weighted by Gasteiger charge is 2.21. The molecule has 8 nitrogen and oxygen atoms in total. The predicted molar refractivity (Wildman–Crippen MR) is 120 cm³/mol. The first-order valence-electron chi connectivity index (χ1n) is 9.22. The van der Waals surface area contributed by atoms with Crippen LogP contribution in [0, 0.1) is 6.92 Å². The number of thioether (sulfide) groups is 1. The van der Waals surface area contributed by atoms with Crippen molar-refractivity contribution in [2.24, 2.45) is 0 Å². The van der Waals surface area contributed by atoms with Crippen molar-refractivity contribution in [3.05, 3.63) is 46.2 Å². The lowest BCUT2D eigenvalue weighted by atomic mass is 10.2. The molecule has 2 amide bonds. The maximum atomic E-state index is 12.5. The number of rotatable bonds is 8. The van der Waals surface area contributed by atoms with Gasteiger partial charge in [0.05, 0.1) is 11.7 Å². The van der Waals surface area contributed by atoms with Gasteiger partial charge in [-0.1, -0.05) is 29.4 Å². The van der Waals surface area contributed by atoms with E-state index >= 15 is 0 Å². The second-order valence-corrected chi connectivity index (χ2v) is 9.03. The molecule has 0 bridgehead atoms. The minimum absolute atomic E-state index is 0.0621. The number of carbonyl (C=O) groups excluding carboxylic acids is 2. The molecule has 0 aliphatic rings. The number of hydrogen-bond acceptors (Lipinski definition) is 7. The van der Waals surface area contributed by atoms with Gasteiger partial charge in [-0.25, -0.2) is 4.98 Å². The normalized spacial score (nSPS) is 11.9. The summed E-state index contributed by atoms with van der Waals surface area (Å²) in [6, 6.07) is 5.36. The third-order valence-corrected chi connectivity index (χ3v) is 6.37. The molecule has 2 N–H and O–H groups in total. The Bertz CT molecular complexity index is 1040. The molecule has 0 spiro atoms. The lowest BCUT2D eigenvalue weighted by Gasteiger charge is -2.12. The second kappa shape index (κ2) is 10.1. The number of aryl methyl sites for hydroxylation is 1. The predicted octanol–water partition coefficient (Wildman–Crippen LogP) is 4.02. The zero-order valence-corrected chi connectivity index (χ0v) is 19.1. The Kier molecular flexibility index (Phi) is 7.46. The van der Waals surface area contributed by atoms with Crippen LogP contribution >= 0.6 is 34.7 Å². The fourth-order valence-electron chi connectivity index (χ4n) is 2.58. The number of amides is 2. The first-order chi connectivity index (χ1) is 14.4. The van der Waals surface area contributed by atoms with Crippen molar-refractivity contribution >= 4 is 57.3 Å². The SMILES string of the molecule is CCn1c(CC(=O)Nc2ccc(C)c(Cl)c2)nnc1S[C@@H](C)C(=O)Nc1nccs1. The molecule has 0 saturated carbocycles. The van der Waals surface area contributed by atoms with Crippen LogP contribution in [0.5, 0.6) is 0 Å². The van der Waals surface area contributed by atoms with Crippen molar-refractivity contribution in [3.8, 4) is 0 Å². The van der Waals surface area contributed by atoms with E-state index in [2.05, 4.69) is 25.8 Å². The third kappa shape index (κ3) is 5.59. The molecule has 3 aromatic rings. The molecule has 1 aromatic carbocycles. The molecule has 0 unspecified atom stereocenters. The third-order valence-electron chi connectivity index (χ3n) is 4.20. The number of carbonyl (C=O) groups is 2. The standard InChI is InChI=1S/C19H21ClN6O2S2/c1-4-26-15(10-16(27)22-13-6-5-11(2)14(20)9-13)24-25-19(26)30-12(3)17(28)23-18-21-7-8-29-18/h5-9,12H,4,10H2,1-3H3,(H,22,27)(H,21,23,28)/t12-/m0/s1. The van der Waals surface area contributed by atoms with E-state index in [0.29, 0.717) is 33.4 Å². The highest BCUT2D eigenvalue weighted by atomic mass is 35.5. The van der Waals surface area contributed by atoms with Crippen molar-refractivity contribution in [2.75, 3.05) is 10.6 Å². The zero-order valence-electron chi connectivity index (χ0n) is 16.7. The van der Waals surface area contributed by atoms with Gasteiger partial charge < -0.3 is 15.2 Å². The van der Waals surface area contributed by atoms with Gasteiger partial charge in [-0.2, -0.15) is 0 Å². The van der Waals surface area contributed by atoms with Crippen LogP contribution in [-0.2, 0) is 22.6 Å². The van der Waals surface area contributed by atoms with Crippen molar-refractivity contribution in [3.63, 3.8) is 0 Å². The molecule has 0 aliphatic heterocycles. The number of halogens is 1. The van der Waals surface area contributed by atoms with E-state index < -0.39 is 5.25 Å². The summed E-state index contributed by atoms with van der Waals surface area (Å²) in [5.74, 6) is 0.141. The van der Waals surface area contributed by atoms with E-state index in [1.54, 1.807) is 30.6 Å². The molecule has 0 saturated heterocycles. The summed E-state index contributed by atoms with van der Waals surface area (Å²) in [4.78, 5) is 28.9. The van der Waals surface area contributed by atoms with Gasteiger partial charge in [0.15, 0.2) is 10.3 Å². The molecule has 0 fully saturated rings. The average Bonchev–Trinajstić information content (AvgIpc) is 3.34. The first-order valence-corrected chi connectivity index (χ1v) is 11.4. The number of nitrogens with zero attached hydrogens (tertiary/aromatic N) is 4. The van der Waals surface area contributed by atoms with Gasteiger partial charge in [-0.15, -0.1) is 21.5 Å². The van der Waals surface area contributed by atoms with Crippen LogP contribution in [0.4, 0.5) is 10.8 Å². The highest BCUT2D eigenvalue weighted by molar-refractivity contribution is 8.00. The quantitative estimate of drug-likeness (QED) is 0.488. The Morgan fingerprint density at radius 2 is 2.10 bits per heavy atom. The molecule has 0 radical (unpaired) electrons. The van der Waals surface area contributed by atoms with Crippen LogP contribution in [-0.4, -0.2) is 36.8 Å². The Hall–Kier alpha value is -2.43. The summed E-state index contributed by atoms with van der Waals surface area (Å²) in [5.41, 5.74) is 1.57. The maximum absolute atomic E-state index is 12.5. The van der Waals surface area contributed by atoms with Crippen LogP contribution < -0.4 is 10.6 Å². The summed E-state index contributed by atoms with van der Waals surface area (Å²) in [5, 5.41) is 17.0. The lowest BCUT2D eigenvalue weighted by molar-refractivity contribution is -0.116. The number of anilines is 2. The Labute approximate surface area is 187 Å². The molecule has 0 aliphatic carbocycles. The fraction of sp³-hybridized carbons (Fsp3) is 0.316.